The average molecular weight is 225 g/mol. The Morgan fingerprint density at radius 2 is 2.33 bits per heavy atom. The van der Waals surface area contributed by atoms with Crippen molar-refractivity contribution in [2.75, 3.05) is 11.1 Å². The fourth-order valence-corrected chi connectivity index (χ4v) is 1.21. The third-order valence-electron chi connectivity index (χ3n) is 1.77. The molecule has 0 aliphatic heterocycles. The van der Waals surface area contributed by atoms with Gasteiger partial charge in [-0.05, 0) is 11.6 Å². The van der Waals surface area contributed by atoms with Crippen LogP contribution in [0.15, 0.2) is 18.6 Å². The molecular weight excluding hydrogens is 216 g/mol. The topological polar surface area (TPSA) is 92.5 Å². The number of nitrogen functional groups attached to an aromatic ring is 1. The number of rotatable bonds is 3. The zero-order valence-electron chi connectivity index (χ0n) is 7.74. The lowest BCUT2D eigenvalue weighted by atomic mass is 10.4. The van der Waals surface area contributed by atoms with E-state index in [1.54, 1.807) is 12.4 Å². The summed E-state index contributed by atoms with van der Waals surface area (Å²) in [7, 11) is 0. The monoisotopic (exact) mass is 224 g/mol. The number of aromatic amines is 1. The zero-order valence-corrected chi connectivity index (χ0v) is 8.49. The van der Waals surface area contributed by atoms with Crippen molar-refractivity contribution in [3.8, 4) is 0 Å². The fraction of sp³-hybridized carbons (Fsp3) is 0.125. The van der Waals surface area contributed by atoms with E-state index in [1.807, 2.05) is 0 Å². The van der Waals surface area contributed by atoms with Gasteiger partial charge in [0.15, 0.2) is 5.82 Å². The van der Waals surface area contributed by atoms with E-state index in [2.05, 4.69) is 25.3 Å². The first-order valence-electron chi connectivity index (χ1n) is 4.26. The number of aromatic nitrogens is 4. The number of imidazole rings is 1. The molecule has 0 aliphatic carbocycles. The number of H-pyrrole nitrogens is 1. The van der Waals surface area contributed by atoms with E-state index >= 15 is 0 Å². The second-order valence-corrected chi connectivity index (χ2v) is 3.17. The van der Waals surface area contributed by atoms with Crippen LogP contribution in [0.25, 0.3) is 0 Å². The van der Waals surface area contributed by atoms with E-state index < -0.39 is 0 Å². The molecular formula is C8H9ClN6. The van der Waals surface area contributed by atoms with Crippen LogP contribution in [0.3, 0.4) is 0 Å². The summed E-state index contributed by atoms with van der Waals surface area (Å²) in [5.74, 6) is 1.30. The Morgan fingerprint density at radius 1 is 1.47 bits per heavy atom. The number of halogens is 1. The number of hydrogen-bond donors (Lipinski definition) is 3. The Kier molecular flexibility index (Phi) is 2.68. The smallest absolute Gasteiger partial charge is 0.224 e. The standard InChI is InChI=1S/C8H9ClN6/c9-8-14-3-5(10)7(15-8)13-4-6-11-1-2-12-6/h1-3H,4,10H2,(H,11,12)(H,13,14,15). The number of anilines is 2. The summed E-state index contributed by atoms with van der Waals surface area (Å²) < 4.78 is 0. The maximum Gasteiger partial charge on any atom is 0.224 e. The maximum atomic E-state index is 5.65. The van der Waals surface area contributed by atoms with Crippen molar-refractivity contribution in [2.24, 2.45) is 0 Å². The summed E-state index contributed by atoms with van der Waals surface area (Å²) in [5, 5.41) is 3.16. The lowest BCUT2D eigenvalue weighted by Crippen LogP contribution is -2.06. The Balaban J connectivity index is 2.07. The van der Waals surface area contributed by atoms with E-state index in [4.69, 9.17) is 17.3 Å². The fourth-order valence-electron chi connectivity index (χ4n) is 1.07. The summed E-state index contributed by atoms with van der Waals surface area (Å²) in [6.07, 6.45) is 4.88. The van der Waals surface area contributed by atoms with Gasteiger partial charge in [-0.25, -0.2) is 9.97 Å². The van der Waals surface area contributed by atoms with Crippen molar-refractivity contribution < 1.29 is 0 Å². The Morgan fingerprint density at radius 3 is 3.07 bits per heavy atom. The lowest BCUT2D eigenvalue weighted by Gasteiger charge is -2.05. The first kappa shape index (κ1) is 9.72. The number of nitrogens with two attached hydrogens (primary N) is 1. The summed E-state index contributed by atoms with van der Waals surface area (Å²) in [6.45, 7) is 0.505. The molecule has 2 aromatic rings. The minimum Gasteiger partial charge on any atom is -0.394 e. The minimum absolute atomic E-state index is 0.158. The molecule has 0 bridgehead atoms. The van der Waals surface area contributed by atoms with Crippen molar-refractivity contribution in [3.05, 3.63) is 29.7 Å². The first-order valence-corrected chi connectivity index (χ1v) is 4.63. The highest BCUT2D eigenvalue weighted by Crippen LogP contribution is 2.15. The molecule has 2 heterocycles. The van der Waals surface area contributed by atoms with Crippen LogP contribution < -0.4 is 11.1 Å². The molecule has 78 valence electrons. The van der Waals surface area contributed by atoms with Gasteiger partial charge in [0, 0.05) is 12.4 Å². The molecule has 0 amide bonds. The number of nitrogens with zero attached hydrogens (tertiary/aromatic N) is 3. The quantitative estimate of drug-likeness (QED) is 0.678. The van der Waals surface area contributed by atoms with E-state index in [9.17, 15) is 0 Å². The van der Waals surface area contributed by atoms with Gasteiger partial charge in [-0.2, -0.15) is 4.98 Å². The second kappa shape index (κ2) is 4.14. The highest BCUT2D eigenvalue weighted by Gasteiger charge is 2.03. The summed E-state index contributed by atoms with van der Waals surface area (Å²) in [4.78, 5) is 14.7. The molecule has 0 fully saturated rings. The second-order valence-electron chi connectivity index (χ2n) is 2.83. The maximum absolute atomic E-state index is 5.65. The minimum atomic E-state index is 0.158. The van der Waals surface area contributed by atoms with Gasteiger partial charge in [0.2, 0.25) is 5.28 Å². The lowest BCUT2D eigenvalue weighted by molar-refractivity contribution is 0.984. The third kappa shape index (κ3) is 2.35. The number of hydrogen-bond acceptors (Lipinski definition) is 5. The van der Waals surface area contributed by atoms with Gasteiger partial charge < -0.3 is 16.0 Å². The van der Waals surface area contributed by atoms with Crippen LogP contribution in [-0.2, 0) is 6.54 Å². The van der Waals surface area contributed by atoms with Gasteiger partial charge in [0.1, 0.15) is 5.82 Å². The van der Waals surface area contributed by atoms with Crippen molar-refractivity contribution in [1.82, 2.24) is 19.9 Å². The molecule has 0 saturated carbocycles. The molecule has 0 aromatic carbocycles. The molecule has 0 unspecified atom stereocenters. The van der Waals surface area contributed by atoms with Crippen LogP contribution >= 0.6 is 11.6 Å². The molecule has 7 heteroatoms. The summed E-state index contributed by atoms with van der Waals surface area (Å²) >= 11 is 5.64. The molecule has 0 aliphatic rings. The van der Waals surface area contributed by atoms with Crippen LogP contribution in [0.2, 0.25) is 5.28 Å². The Labute approximate surface area is 90.9 Å². The third-order valence-corrected chi connectivity index (χ3v) is 1.95. The highest BCUT2D eigenvalue weighted by atomic mass is 35.5. The first-order chi connectivity index (χ1) is 7.25. The molecule has 6 nitrogen and oxygen atoms in total. The molecule has 0 radical (unpaired) electrons. The van der Waals surface area contributed by atoms with E-state index in [-0.39, 0.29) is 5.28 Å². The van der Waals surface area contributed by atoms with Gasteiger partial charge in [0.05, 0.1) is 18.4 Å². The predicted molar refractivity (Wildman–Crippen MR) is 57.4 cm³/mol. The van der Waals surface area contributed by atoms with Gasteiger partial charge in [-0.3, -0.25) is 0 Å². The molecule has 0 atom stereocenters. The largest absolute Gasteiger partial charge is 0.394 e. The summed E-state index contributed by atoms with van der Waals surface area (Å²) in [5.41, 5.74) is 6.10. The Hall–Kier alpha value is -1.82. The van der Waals surface area contributed by atoms with Crippen molar-refractivity contribution in [3.63, 3.8) is 0 Å². The zero-order chi connectivity index (χ0) is 10.7. The predicted octanol–water partition coefficient (Wildman–Crippen LogP) is 1.05. The van der Waals surface area contributed by atoms with Crippen molar-refractivity contribution >= 4 is 23.1 Å². The van der Waals surface area contributed by atoms with Crippen molar-refractivity contribution in [2.45, 2.75) is 6.54 Å². The van der Waals surface area contributed by atoms with Crippen molar-refractivity contribution in [1.29, 1.82) is 0 Å². The molecule has 2 rings (SSSR count). The molecule has 4 N–H and O–H groups in total. The van der Waals surface area contributed by atoms with Crippen LogP contribution in [0.5, 0.6) is 0 Å². The van der Waals surface area contributed by atoms with E-state index in [1.165, 1.54) is 6.20 Å². The van der Waals surface area contributed by atoms with E-state index in [0.29, 0.717) is 18.1 Å². The van der Waals surface area contributed by atoms with Gasteiger partial charge in [-0.1, -0.05) is 0 Å². The molecule has 0 saturated heterocycles. The number of nitrogens with one attached hydrogen (secondary N) is 2. The molecule has 15 heavy (non-hydrogen) atoms. The van der Waals surface area contributed by atoms with E-state index in [0.717, 1.165) is 5.82 Å². The molecule has 0 spiro atoms. The van der Waals surface area contributed by atoms with Gasteiger partial charge >= 0.3 is 0 Å². The summed E-state index contributed by atoms with van der Waals surface area (Å²) in [6, 6.07) is 0. The van der Waals surface area contributed by atoms with Crippen LogP contribution in [-0.4, -0.2) is 19.9 Å². The SMILES string of the molecule is Nc1cnc(Cl)nc1NCc1ncc[nH]1. The van der Waals surface area contributed by atoms with Gasteiger partial charge in [0.25, 0.3) is 0 Å². The average Bonchev–Trinajstić information content (AvgIpc) is 2.72. The molecule has 2 aromatic heterocycles. The van der Waals surface area contributed by atoms with Crippen LogP contribution in [0.1, 0.15) is 5.82 Å². The highest BCUT2D eigenvalue weighted by molar-refractivity contribution is 6.28. The normalized spacial score (nSPS) is 10.2. The van der Waals surface area contributed by atoms with Crippen LogP contribution in [0, 0.1) is 0 Å². The van der Waals surface area contributed by atoms with Gasteiger partial charge in [-0.15, -0.1) is 0 Å². The van der Waals surface area contributed by atoms with Crippen LogP contribution in [0.4, 0.5) is 11.5 Å². The Bertz CT molecular complexity index is 440.